The molecule has 0 heterocycles. The molecular weight excluding hydrogens is 256 g/mol. The summed E-state index contributed by atoms with van der Waals surface area (Å²) in [4.78, 5) is 0. The van der Waals surface area contributed by atoms with E-state index in [9.17, 15) is 0 Å². The smallest absolute Gasteiger partial charge is 0.106 e. The summed E-state index contributed by atoms with van der Waals surface area (Å²) in [6, 6.07) is 9.91. The Morgan fingerprint density at radius 1 is 1.10 bits per heavy atom. The van der Waals surface area contributed by atoms with Gasteiger partial charge in [0.1, 0.15) is 6.10 Å². The van der Waals surface area contributed by atoms with Crippen molar-refractivity contribution >= 4 is 0 Å². The third kappa shape index (κ3) is 7.28. The van der Waals surface area contributed by atoms with Crippen molar-refractivity contribution in [1.82, 2.24) is 0 Å². The molecule has 1 unspecified atom stereocenters. The number of benzene rings is 1. The fourth-order valence-corrected chi connectivity index (χ4v) is 1.77. The monoisotopic (exact) mass is 280 g/mol. The van der Waals surface area contributed by atoms with Gasteiger partial charge in [-0.2, -0.15) is 0 Å². The summed E-state index contributed by atoms with van der Waals surface area (Å²) in [6.07, 6.45) is 3.21. The second kappa shape index (κ2) is 11.5. The minimum absolute atomic E-state index is 0.0161. The highest BCUT2D eigenvalue weighted by atomic mass is 16.5. The van der Waals surface area contributed by atoms with Crippen LogP contribution in [0.2, 0.25) is 0 Å². The summed E-state index contributed by atoms with van der Waals surface area (Å²) in [5.41, 5.74) is 1.07. The second-order valence-corrected chi connectivity index (χ2v) is 4.31. The number of unbranched alkanes of at least 4 members (excludes halogenated alkanes) is 1. The molecule has 1 rings (SSSR count). The van der Waals surface area contributed by atoms with Gasteiger partial charge < -0.3 is 19.3 Å². The van der Waals surface area contributed by atoms with Gasteiger partial charge in [0.25, 0.3) is 0 Å². The van der Waals surface area contributed by atoms with Gasteiger partial charge in [0.15, 0.2) is 0 Å². The average Bonchev–Trinajstić information content (AvgIpc) is 2.50. The molecule has 0 radical (unpaired) electrons. The van der Waals surface area contributed by atoms with Crippen LogP contribution in [-0.4, -0.2) is 38.1 Å². The third-order valence-electron chi connectivity index (χ3n) is 2.77. The zero-order chi connectivity index (χ0) is 14.5. The molecule has 1 N–H and O–H groups in total. The molecule has 20 heavy (non-hydrogen) atoms. The van der Waals surface area contributed by atoms with Crippen LogP contribution in [0.5, 0.6) is 0 Å². The highest BCUT2D eigenvalue weighted by molar-refractivity contribution is 5.17. The maximum Gasteiger partial charge on any atom is 0.106 e. The zero-order valence-corrected chi connectivity index (χ0v) is 11.9. The van der Waals surface area contributed by atoms with Gasteiger partial charge in [0.2, 0.25) is 0 Å². The Balaban J connectivity index is 2.25. The SMILES string of the molecule is C=COCCCCOCC(OCCO)c1ccccc1. The molecule has 0 saturated carbocycles. The molecular formula is C16H24O4. The van der Waals surface area contributed by atoms with Crippen LogP contribution in [0.15, 0.2) is 43.2 Å². The summed E-state index contributed by atoms with van der Waals surface area (Å²) in [7, 11) is 0. The van der Waals surface area contributed by atoms with Crippen LogP contribution in [0.3, 0.4) is 0 Å². The largest absolute Gasteiger partial charge is 0.502 e. The maximum atomic E-state index is 8.87. The lowest BCUT2D eigenvalue weighted by molar-refractivity contribution is -0.0302. The van der Waals surface area contributed by atoms with Crippen LogP contribution in [0, 0.1) is 0 Å². The van der Waals surface area contributed by atoms with Gasteiger partial charge >= 0.3 is 0 Å². The normalized spacial score (nSPS) is 12.1. The van der Waals surface area contributed by atoms with Crippen LogP contribution in [0.1, 0.15) is 24.5 Å². The molecule has 0 aliphatic heterocycles. The first-order chi connectivity index (χ1) is 9.88. The van der Waals surface area contributed by atoms with Crippen molar-refractivity contribution in [3.8, 4) is 0 Å². The Bertz CT molecular complexity index is 340. The molecule has 0 bridgehead atoms. The predicted octanol–water partition coefficient (Wildman–Crippen LogP) is 2.69. The summed E-state index contributed by atoms with van der Waals surface area (Å²) < 4.78 is 16.3. The summed E-state index contributed by atoms with van der Waals surface area (Å²) >= 11 is 0. The highest BCUT2D eigenvalue weighted by Crippen LogP contribution is 2.17. The van der Waals surface area contributed by atoms with Crippen molar-refractivity contribution in [3.63, 3.8) is 0 Å². The number of aliphatic hydroxyl groups excluding tert-OH is 1. The predicted molar refractivity (Wildman–Crippen MR) is 78.4 cm³/mol. The molecule has 0 aromatic heterocycles. The molecule has 0 aliphatic carbocycles. The fraction of sp³-hybridized carbons (Fsp3) is 0.500. The minimum Gasteiger partial charge on any atom is -0.502 e. The van der Waals surface area contributed by atoms with E-state index in [0.29, 0.717) is 26.4 Å². The molecule has 1 atom stereocenters. The minimum atomic E-state index is -0.132. The Morgan fingerprint density at radius 2 is 1.85 bits per heavy atom. The molecule has 0 aliphatic rings. The average molecular weight is 280 g/mol. The highest BCUT2D eigenvalue weighted by Gasteiger charge is 2.11. The molecule has 0 fully saturated rings. The van der Waals surface area contributed by atoms with Crippen LogP contribution >= 0.6 is 0 Å². The fourth-order valence-electron chi connectivity index (χ4n) is 1.77. The van der Waals surface area contributed by atoms with E-state index in [4.69, 9.17) is 19.3 Å². The first-order valence-electron chi connectivity index (χ1n) is 6.96. The van der Waals surface area contributed by atoms with E-state index < -0.39 is 0 Å². The molecule has 112 valence electrons. The lowest BCUT2D eigenvalue weighted by Gasteiger charge is -2.18. The molecule has 1 aromatic rings. The Labute approximate surface area is 121 Å². The summed E-state index contributed by atoms with van der Waals surface area (Å²) in [5.74, 6) is 0. The molecule has 0 amide bonds. The van der Waals surface area contributed by atoms with Crippen LogP contribution in [0.25, 0.3) is 0 Å². The third-order valence-corrected chi connectivity index (χ3v) is 2.77. The van der Waals surface area contributed by atoms with Crippen molar-refractivity contribution in [2.75, 3.05) is 33.0 Å². The van der Waals surface area contributed by atoms with Crippen LogP contribution in [-0.2, 0) is 14.2 Å². The number of rotatable bonds is 12. The molecule has 0 saturated heterocycles. The van der Waals surface area contributed by atoms with Crippen LogP contribution < -0.4 is 0 Å². The molecule has 1 aromatic carbocycles. The van der Waals surface area contributed by atoms with E-state index in [1.165, 1.54) is 6.26 Å². The lowest BCUT2D eigenvalue weighted by Crippen LogP contribution is -2.14. The van der Waals surface area contributed by atoms with Crippen molar-refractivity contribution < 1.29 is 19.3 Å². The number of hydrogen-bond donors (Lipinski definition) is 1. The maximum absolute atomic E-state index is 8.87. The van der Waals surface area contributed by atoms with Gasteiger partial charge in [-0.05, 0) is 18.4 Å². The first kappa shape index (κ1) is 16.7. The topological polar surface area (TPSA) is 47.9 Å². The van der Waals surface area contributed by atoms with Gasteiger partial charge in [-0.25, -0.2) is 0 Å². The van der Waals surface area contributed by atoms with E-state index in [1.54, 1.807) is 0 Å². The van der Waals surface area contributed by atoms with Crippen LogP contribution in [0.4, 0.5) is 0 Å². The number of hydrogen-bond acceptors (Lipinski definition) is 4. The van der Waals surface area contributed by atoms with Gasteiger partial charge in [-0.1, -0.05) is 36.9 Å². The van der Waals surface area contributed by atoms with Gasteiger partial charge in [-0.15, -0.1) is 0 Å². The van der Waals surface area contributed by atoms with Crippen molar-refractivity contribution in [1.29, 1.82) is 0 Å². The molecule has 4 nitrogen and oxygen atoms in total. The number of aliphatic hydroxyl groups is 1. The Hall–Kier alpha value is -1.36. The van der Waals surface area contributed by atoms with E-state index in [2.05, 4.69) is 6.58 Å². The van der Waals surface area contributed by atoms with Gasteiger partial charge in [-0.3, -0.25) is 0 Å². The van der Waals surface area contributed by atoms with E-state index in [0.717, 1.165) is 18.4 Å². The van der Waals surface area contributed by atoms with E-state index in [-0.39, 0.29) is 12.7 Å². The van der Waals surface area contributed by atoms with Crippen molar-refractivity contribution in [2.24, 2.45) is 0 Å². The lowest BCUT2D eigenvalue weighted by atomic mass is 10.1. The van der Waals surface area contributed by atoms with E-state index >= 15 is 0 Å². The second-order valence-electron chi connectivity index (χ2n) is 4.31. The number of ether oxygens (including phenoxy) is 3. The van der Waals surface area contributed by atoms with Gasteiger partial charge in [0, 0.05) is 6.61 Å². The summed E-state index contributed by atoms with van der Waals surface area (Å²) in [6.45, 7) is 5.66. The summed E-state index contributed by atoms with van der Waals surface area (Å²) in [5, 5.41) is 8.87. The molecule has 4 heteroatoms. The van der Waals surface area contributed by atoms with E-state index in [1.807, 2.05) is 30.3 Å². The Kier molecular flexibility index (Phi) is 9.57. The van der Waals surface area contributed by atoms with Crippen molar-refractivity contribution in [2.45, 2.75) is 18.9 Å². The molecule has 0 spiro atoms. The zero-order valence-electron chi connectivity index (χ0n) is 11.9. The first-order valence-corrected chi connectivity index (χ1v) is 6.96. The Morgan fingerprint density at radius 3 is 2.55 bits per heavy atom. The van der Waals surface area contributed by atoms with Crippen molar-refractivity contribution in [3.05, 3.63) is 48.7 Å². The quantitative estimate of drug-likeness (QED) is 0.472. The standard InChI is InChI=1S/C16H24O4/c1-2-18-11-6-7-12-19-14-16(20-13-10-17)15-8-4-3-5-9-15/h2-5,8-9,16-17H,1,6-7,10-14H2. The van der Waals surface area contributed by atoms with Gasteiger partial charge in [0.05, 0.1) is 32.7 Å².